The van der Waals surface area contributed by atoms with E-state index in [0.29, 0.717) is 43.9 Å². The molecule has 1 heterocycles. The molecule has 2 N–H and O–H groups in total. The second-order valence-corrected chi connectivity index (χ2v) is 18.8. The first kappa shape index (κ1) is 44.1. The van der Waals surface area contributed by atoms with E-state index >= 15 is 0 Å². The van der Waals surface area contributed by atoms with Crippen molar-refractivity contribution in [2.24, 2.45) is 16.2 Å². The molecule has 0 spiro atoms. The molecular weight excluding hydrogens is 697 g/mol. The number of nitrogens with one attached hydrogen (secondary N) is 2. The van der Waals surface area contributed by atoms with Crippen LogP contribution in [0.3, 0.4) is 0 Å². The van der Waals surface area contributed by atoms with Gasteiger partial charge in [0.2, 0.25) is 17.7 Å². The zero-order valence-electron chi connectivity index (χ0n) is 34.6. The van der Waals surface area contributed by atoms with Crippen molar-refractivity contribution in [1.82, 2.24) is 20.8 Å². The maximum Gasteiger partial charge on any atom is 0.276 e. The number of aromatic nitrogens is 2. The Labute approximate surface area is 331 Å². The van der Waals surface area contributed by atoms with Gasteiger partial charge in [0, 0.05) is 40.3 Å². The van der Waals surface area contributed by atoms with Gasteiger partial charge in [0.05, 0.1) is 19.8 Å². The largest absolute Gasteiger partial charge is 0.493 e. The molecule has 0 unspecified atom stereocenters. The molecule has 1 aromatic heterocycles. The summed E-state index contributed by atoms with van der Waals surface area (Å²) in [7, 11) is 0. The normalized spacial score (nSPS) is 19.9. The first-order chi connectivity index (χ1) is 25.9. The van der Waals surface area contributed by atoms with E-state index in [2.05, 4.69) is 55.4 Å². The van der Waals surface area contributed by atoms with E-state index in [1.165, 1.54) is 82.4 Å². The van der Waals surface area contributed by atoms with Crippen LogP contribution >= 0.6 is 11.8 Å². The standard InChI is InChI=1S/C44H72N4O5S/c1-7-8-9-10-11-12-13-14-15-16-17-18-19-20-37(49)46-44-28-25-43(26-29-44,27-30-44)39(50)45-31-41(2,3)32-51-33-42(4,5)34-52-36-23-21-35(22-24-36)38-47-48-40(53-38)54-6/h21-24H,7-20,25-34H2,1-6H3,(H,45,50)(H,46,49). The number of hydrogen-bond donors (Lipinski definition) is 2. The topological polar surface area (TPSA) is 116 Å². The predicted molar refractivity (Wildman–Crippen MR) is 220 cm³/mol. The third-order valence-corrected chi connectivity index (χ3v) is 12.2. The van der Waals surface area contributed by atoms with E-state index in [-0.39, 0.29) is 33.6 Å². The van der Waals surface area contributed by atoms with Gasteiger partial charge in [-0.25, -0.2) is 0 Å². The third kappa shape index (κ3) is 14.5. The molecule has 9 nitrogen and oxygen atoms in total. The first-order valence-electron chi connectivity index (χ1n) is 21.2. The van der Waals surface area contributed by atoms with Crippen molar-refractivity contribution in [3.8, 4) is 17.2 Å². The van der Waals surface area contributed by atoms with Crippen LogP contribution < -0.4 is 15.4 Å². The summed E-state index contributed by atoms with van der Waals surface area (Å²) in [5.41, 5.74) is 0.0219. The van der Waals surface area contributed by atoms with Gasteiger partial charge in [-0.3, -0.25) is 9.59 Å². The molecule has 0 radical (unpaired) electrons. The lowest BCUT2D eigenvalue weighted by molar-refractivity contribution is -0.140. The van der Waals surface area contributed by atoms with Crippen LogP contribution in [0.25, 0.3) is 11.5 Å². The molecule has 0 atom stereocenters. The summed E-state index contributed by atoms with van der Waals surface area (Å²) >= 11 is 1.42. The van der Waals surface area contributed by atoms with Gasteiger partial charge in [-0.2, -0.15) is 0 Å². The number of fused-ring (bicyclic) bond motifs is 3. The van der Waals surface area contributed by atoms with Crippen molar-refractivity contribution in [2.45, 2.75) is 174 Å². The molecule has 5 rings (SSSR count). The van der Waals surface area contributed by atoms with Gasteiger partial charge in [-0.15, -0.1) is 10.2 Å². The third-order valence-electron chi connectivity index (χ3n) is 11.7. The quantitative estimate of drug-likeness (QED) is 0.0682. The van der Waals surface area contributed by atoms with Crippen LogP contribution in [-0.4, -0.2) is 60.2 Å². The molecule has 0 aliphatic heterocycles. The van der Waals surface area contributed by atoms with Crippen LogP contribution in [0.1, 0.15) is 163 Å². The van der Waals surface area contributed by atoms with Crippen molar-refractivity contribution in [2.75, 3.05) is 32.6 Å². The summed E-state index contributed by atoms with van der Waals surface area (Å²) in [5, 5.41) is 15.4. The molecule has 3 saturated carbocycles. The van der Waals surface area contributed by atoms with Crippen LogP contribution in [0.15, 0.2) is 33.9 Å². The highest BCUT2D eigenvalue weighted by molar-refractivity contribution is 7.98. The van der Waals surface area contributed by atoms with Crippen LogP contribution in [0, 0.1) is 16.2 Å². The minimum atomic E-state index is -0.307. The van der Waals surface area contributed by atoms with E-state index in [4.69, 9.17) is 13.9 Å². The molecule has 2 bridgehead atoms. The molecule has 54 heavy (non-hydrogen) atoms. The van der Waals surface area contributed by atoms with Crippen molar-refractivity contribution in [1.29, 1.82) is 0 Å². The maximum atomic E-state index is 13.6. The summed E-state index contributed by atoms with van der Waals surface area (Å²) in [5.74, 6) is 1.64. The molecule has 3 aliphatic rings. The molecule has 304 valence electrons. The molecule has 0 saturated heterocycles. The van der Waals surface area contributed by atoms with Crippen LogP contribution in [0.2, 0.25) is 0 Å². The average Bonchev–Trinajstić information content (AvgIpc) is 3.65. The number of nitrogens with zero attached hydrogens (tertiary/aromatic N) is 2. The Kier molecular flexibility index (Phi) is 17.7. The smallest absolute Gasteiger partial charge is 0.276 e. The highest BCUT2D eigenvalue weighted by Crippen LogP contribution is 2.52. The van der Waals surface area contributed by atoms with Crippen LogP contribution in [-0.2, 0) is 14.3 Å². The molecule has 10 heteroatoms. The van der Waals surface area contributed by atoms with Gasteiger partial charge in [0.1, 0.15) is 5.75 Å². The average molecular weight is 769 g/mol. The SMILES string of the molecule is CCCCCCCCCCCCCCCC(=O)NC12CCC(C(=O)NCC(C)(C)COCC(C)(C)COc3ccc(-c4nnc(SC)o4)cc3)(CC1)CC2. The summed E-state index contributed by atoms with van der Waals surface area (Å²) in [6, 6.07) is 7.67. The number of amides is 2. The number of ether oxygens (including phenoxy) is 2. The lowest BCUT2D eigenvalue weighted by Gasteiger charge is -2.52. The maximum absolute atomic E-state index is 13.6. The van der Waals surface area contributed by atoms with E-state index in [1.807, 2.05) is 30.5 Å². The van der Waals surface area contributed by atoms with Gasteiger partial charge in [-0.05, 0) is 75.5 Å². The van der Waals surface area contributed by atoms with Crippen molar-refractivity contribution < 1.29 is 23.5 Å². The Bertz CT molecular complexity index is 1380. The lowest BCUT2D eigenvalue weighted by atomic mass is 9.56. The van der Waals surface area contributed by atoms with Gasteiger partial charge in [0.15, 0.2) is 0 Å². The van der Waals surface area contributed by atoms with Gasteiger partial charge in [0.25, 0.3) is 5.22 Å². The molecule has 2 aromatic rings. The number of hydrogen-bond acceptors (Lipinski definition) is 8. The van der Waals surface area contributed by atoms with Crippen LogP contribution in [0.5, 0.6) is 5.75 Å². The number of rotatable bonds is 27. The zero-order chi connectivity index (χ0) is 38.9. The van der Waals surface area contributed by atoms with Crippen molar-refractivity contribution >= 4 is 23.6 Å². The second-order valence-electron chi connectivity index (χ2n) is 18.0. The second kappa shape index (κ2) is 21.6. The minimum Gasteiger partial charge on any atom is -0.493 e. The van der Waals surface area contributed by atoms with E-state index in [0.717, 1.165) is 62.7 Å². The van der Waals surface area contributed by atoms with Gasteiger partial charge < -0.3 is 24.5 Å². The number of carbonyl (C=O) groups excluding carboxylic acids is 2. The fourth-order valence-electron chi connectivity index (χ4n) is 7.96. The summed E-state index contributed by atoms with van der Waals surface area (Å²) in [4.78, 5) is 26.5. The highest BCUT2D eigenvalue weighted by atomic mass is 32.2. The lowest BCUT2D eigenvalue weighted by Crippen LogP contribution is -2.60. The Morgan fingerprint density at radius 2 is 1.31 bits per heavy atom. The fourth-order valence-corrected chi connectivity index (χ4v) is 8.24. The molecule has 3 aliphatic carbocycles. The van der Waals surface area contributed by atoms with Gasteiger partial charge in [-0.1, -0.05) is 123 Å². The Balaban J connectivity index is 1.05. The van der Waals surface area contributed by atoms with E-state index in [1.54, 1.807) is 0 Å². The highest BCUT2D eigenvalue weighted by Gasteiger charge is 2.52. The zero-order valence-corrected chi connectivity index (χ0v) is 35.4. The Morgan fingerprint density at radius 3 is 1.87 bits per heavy atom. The Morgan fingerprint density at radius 1 is 0.759 bits per heavy atom. The molecule has 3 fully saturated rings. The molecule has 2 amide bonds. The minimum absolute atomic E-state index is 0.115. The number of benzene rings is 1. The first-order valence-corrected chi connectivity index (χ1v) is 22.4. The number of unbranched alkanes of at least 4 members (excludes halogenated alkanes) is 12. The Hall–Kier alpha value is -2.59. The summed E-state index contributed by atoms with van der Waals surface area (Å²) in [6.07, 6.45) is 24.8. The van der Waals surface area contributed by atoms with Gasteiger partial charge >= 0.3 is 0 Å². The predicted octanol–water partition coefficient (Wildman–Crippen LogP) is 10.7. The fraction of sp³-hybridized carbons (Fsp3) is 0.773. The summed E-state index contributed by atoms with van der Waals surface area (Å²) < 4.78 is 17.9. The molecular formula is C44H72N4O5S. The number of thioether (sulfide) groups is 1. The summed E-state index contributed by atoms with van der Waals surface area (Å²) in [6.45, 7) is 13.0. The van der Waals surface area contributed by atoms with E-state index < -0.39 is 0 Å². The number of carbonyl (C=O) groups is 2. The molecule has 1 aromatic carbocycles. The van der Waals surface area contributed by atoms with E-state index in [9.17, 15) is 9.59 Å². The van der Waals surface area contributed by atoms with Crippen molar-refractivity contribution in [3.05, 3.63) is 24.3 Å². The monoisotopic (exact) mass is 769 g/mol. The van der Waals surface area contributed by atoms with Crippen LogP contribution in [0.4, 0.5) is 0 Å². The van der Waals surface area contributed by atoms with Crippen molar-refractivity contribution in [3.63, 3.8) is 0 Å².